The molecule has 9 aromatic carbocycles. The molecular formula is C52H34N2. The molecule has 252 valence electrons. The van der Waals surface area contributed by atoms with E-state index < -0.39 is 0 Å². The molecule has 0 saturated heterocycles. The van der Waals surface area contributed by atoms with Crippen molar-refractivity contribution < 1.29 is 0 Å². The van der Waals surface area contributed by atoms with Gasteiger partial charge in [-0.05, 0) is 93.4 Å². The van der Waals surface area contributed by atoms with Crippen LogP contribution >= 0.6 is 0 Å². The number of benzene rings is 9. The van der Waals surface area contributed by atoms with Gasteiger partial charge in [-0.3, -0.25) is 0 Å². The second-order valence-electron chi connectivity index (χ2n) is 14.1. The fourth-order valence-corrected chi connectivity index (χ4v) is 8.64. The van der Waals surface area contributed by atoms with E-state index in [2.05, 4.69) is 215 Å². The summed E-state index contributed by atoms with van der Waals surface area (Å²) < 4.78 is 4.83. The van der Waals surface area contributed by atoms with Crippen LogP contribution in [0.1, 0.15) is 0 Å². The molecule has 11 rings (SSSR count). The molecule has 0 aliphatic heterocycles. The Kier molecular flexibility index (Phi) is 6.90. The van der Waals surface area contributed by atoms with Gasteiger partial charge in [-0.15, -0.1) is 0 Å². The molecule has 0 amide bonds. The minimum absolute atomic E-state index is 1.15. The molecule has 0 atom stereocenters. The number of nitrogens with zero attached hydrogens (tertiary/aromatic N) is 2. The van der Waals surface area contributed by atoms with Gasteiger partial charge in [-0.2, -0.15) is 0 Å². The summed E-state index contributed by atoms with van der Waals surface area (Å²) in [6.07, 6.45) is 0. The molecule has 0 aliphatic carbocycles. The summed E-state index contributed by atoms with van der Waals surface area (Å²) in [5.74, 6) is 0. The zero-order valence-electron chi connectivity index (χ0n) is 29.5. The van der Waals surface area contributed by atoms with Gasteiger partial charge < -0.3 is 9.13 Å². The van der Waals surface area contributed by atoms with Gasteiger partial charge in [0.2, 0.25) is 0 Å². The summed E-state index contributed by atoms with van der Waals surface area (Å²) in [6, 6.07) is 75.1. The Morgan fingerprint density at radius 3 is 1.39 bits per heavy atom. The second-order valence-corrected chi connectivity index (χ2v) is 14.1. The first-order chi connectivity index (χ1) is 26.8. The van der Waals surface area contributed by atoms with Gasteiger partial charge in [-0.1, -0.05) is 152 Å². The van der Waals surface area contributed by atoms with E-state index >= 15 is 0 Å². The third-order valence-corrected chi connectivity index (χ3v) is 11.1. The molecule has 2 aromatic heterocycles. The molecule has 0 saturated carbocycles. The van der Waals surface area contributed by atoms with E-state index in [1.807, 2.05) is 0 Å². The molecule has 0 unspecified atom stereocenters. The van der Waals surface area contributed by atoms with Crippen molar-refractivity contribution in [2.45, 2.75) is 0 Å². The fraction of sp³-hybridized carbons (Fsp3) is 0. The van der Waals surface area contributed by atoms with Crippen LogP contribution in [0.4, 0.5) is 0 Å². The van der Waals surface area contributed by atoms with E-state index in [0.717, 1.165) is 5.69 Å². The molecule has 0 N–H and O–H groups in total. The highest BCUT2D eigenvalue weighted by molar-refractivity contribution is 6.13. The molecule has 0 radical (unpaired) electrons. The highest BCUT2D eigenvalue weighted by Gasteiger charge is 2.17. The highest BCUT2D eigenvalue weighted by atomic mass is 15.0. The average molecular weight is 687 g/mol. The summed E-state index contributed by atoms with van der Waals surface area (Å²) >= 11 is 0. The molecule has 0 bridgehead atoms. The van der Waals surface area contributed by atoms with Gasteiger partial charge in [0.15, 0.2) is 0 Å². The van der Waals surface area contributed by atoms with Crippen molar-refractivity contribution in [3.63, 3.8) is 0 Å². The molecule has 0 spiro atoms. The van der Waals surface area contributed by atoms with E-state index in [9.17, 15) is 0 Å². The number of rotatable bonds is 5. The zero-order valence-corrected chi connectivity index (χ0v) is 29.5. The van der Waals surface area contributed by atoms with Crippen molar-refractivity contribution in [1.29, 1.82) is 0 Å². The van der Waals surface area contributed by atoms with Crippen molar-refractivity contribution in [2.75, 3.05) is 0 Å². The lowest BCUT2D eigenvalue weighted by atomic mass is 9.94. The lowest BCUT2D eigenvalue weighted by Gasteiger charge is -2.13. The van der Waals surface area contributed by atoms with Gasteiger partial charge >= 0.3 is 0 Å². The van der Waals surface area contributed by atoms with Crippen molar-refractivity contribution in [3.8, 4) is 44.8 Å². The first-order valence-electron chi connectivity index (χ1n) is 18.6. The molecule has 2 heterocycles. The van der Waals surface area contributed by atoms with E-state index in [1.165, 1.54) is 93.5 Å². The second kappa shape index (κ2) is 12.2. The number of fused-ring (bicyclic) bond motifs is 7. The van der Waals surface area contributed by atoms with Crippen LogP contribution in [-0.2, 0) is 0 Å². The SMILES string of the molecule is c1ccc(-c2ccccc2-c2ccc(-n3c4ccccc4c4cc(-c5ccc6c(c5)c5ccccc5n6-c5cccc6ccccc56)ccc43)cc2)cc1. The Balaban J connectivity index is 1.03. The van der Waals surface area contributed by atoms with Crippen LogP contribution in [-0.4, -0.2) is 9.13 Å². The zero-order chi connectivity index (χ0) is 35.6. The van der Waals surface area contributed by atoms with Crippen molar-refractivity contribution in [3.05, 3.63) is 206 Å². The lowest BCUT2D eigenvalue weighted by molar-refractivity contribution is 1.18. The molecule has 11 aromatic rings. The van der Waals surface area contributed by atoms with E-state index in [0.29, 0.717) is 0 Å². The third kappa shape index (κ3) is 4.74. The maximum absolute atomic E-state index is 2.43. The van der Waals surface area contributed by atoms with Crippen LogP contribution in [0, 0.1) is 0 Å². The van der Waals surface area contributed by atoms with Crippen LogP contribution < -0.4 is 0 Å². The average Bonchev–Trinajstić information content (AvgIpc) is 3.76. The van der Waals surface area contributed by atoms with E-state index in [4.69, 9.17) is 0 Å². The number of hydrogen-bond acceptors (Lipinski definition) is 0. The highest BCUT2D eigenvalue weighted by Crippen LogP contribution is 2.40. The van der Waals surface area contributed by atoms with E-state index in [1.54, 1.807) is 0 Å². The van der Waals surface area contributed by atoms with Crippen molar-refractivity contribution in [2.24, 2.45) is 0 Å². The predicted molar refractivity (Wildman–Crippen MR) is 229 cm³/mol. The van der Waals surface area contributed by atoms with Crippen LogP contribution in [0.5, 0.6) is 0 Å². The number of hydrogen-bond donors (Lipinski definition) is 0. The van der Waals surface area contributed by atoms with Crippen molar-refractivity contribution >= 4 is 54.4 Å². The Hall–Kier alpha value is -7.16. The number of aromatic nitrogens is 2. The molecule has 0 fully saturated rings. The molecule has 2 heteroatoms. The standard InChI is InChI=1S/C52H34N2/c1-2-13-35(14-3-1)41-17-6-7-18-42(41)37-25-29-40(30-26-37)53-49-22-10-8-20-44(49)46-33-38(27-31-51(46)53)39-28-32-52-47(34-39)45-21-9-11-23-50(45)54(52)48-24-12-16-36-15-4-5-19-43(36)48/h1-34H. The first-order valence-corrected chi connectivity index (χ1v) is 18.6. The predicted octanol–water partition coefficient (Wildman–Crippen LogP) is 14.0. The van der Waals surface area contributed by atoms with Gasteiger partial charge in [-0.25, -0.2) is 0 Å². The largest absolute Gasteiger partial charge is 0.309 e. The number of para-hydroxylation sites is 2. The van der Waals surface area contributed by atoms with Crippen molar-refractivity contribution in [1.82, 2.24) is 9.13 Å². The monoisotopic (exact) mass is 686 g/mol. The third-order valence-electron chi connectivity index (χ3n) is 11.1. The summed E-state index contributed by atoms with van der Waals surface area (Å²) in [5.41, 5.74) is 14.5. The van der Waals surface area contributed by atoms with Crippen LogP contribution in [0.2, 0.25) is 0 Å². The summed E-state index contributed by atoms with van der Waals surface area (Å²) in [6.45, 7) is 0. The van der Waals surface area contributed by atoms with Gasteiger partial charge in [0.25, 0.3) is 0 Å². The van der Waals surface area contributed by atoms with Crippen LogP contribution in [0.3, 0.4) is 0 Å². The maximum atomic E-state index is 2.43. The Bertz CT molecular complexity index is 3190. The Labute approximate surface area is 313 Å². The molecule has 2 nitrogen and oxygen atoms in total. The van der Waals surface area contributed by atoms with Crippen LogP contribution in [0.15, 0.2) is 206 Å². The smallest absolute Gasteiger partial charge is 0.0541 e. The summed E-state index contributed by atoms with van der Waals surface area (Å²) in [5, 5.41) is 7.51. The fourth-order valence-electron chi connectivity index (χ4n) is 8.64. The first kappa shape index (κ1) is 30.5. The van der Waals surface area contributed by atoms with Gasteiger partial charge in [0.1, 0.15) is 0 Å². The van der Waals surface area contributed by atoms with Gasteiger partial charge in [0.05, 0.1) is 27.8 Å². The topological polar surface area (TPSA) is 9.86 Å². The minimum Gasteiger partial charge on any atom is -0.309 e. The quantitative estimate of drug-likeness (QED) is 0.171. The molecular weight excluding hydrogens is 653 g/mol. The maximum Gasteiger partial charge on any atom is 0.0541 e. The summed E-state index contributed by atoms with van der Waals surface area (Å²) in [4.78, 5) is 0. The normalized spacial score (nSPS) is 11.7. The van der Waals surface area contributed by atoms with Gasteiger partial charge in [0, 0.05) is 32.6 Å². The lowest BCUT2D eigenvalue weighted by Crippen LogP contribution is -1.95. The molecule has 54 heavy (non-hydrogen) atoms. The minimum atomic E-state index is 1.15. The van der Waals surface area contributed by atoms with E-state index in [-0.39, 0.29) is 0 Å². The Morgan fingerprint density at radius 1 is 0.259 bits per heavy atom. The Morgan fingerprint density at radius 2 is 0.722 bits per heavy atom. The van der Waals surface area contributed by atoms with Crippen LogP contribution in [0.25, 0.3) is 99.1 Å². The molecule has 0 aliphatic rings. The summed E-state index contributed by atoms with van der Waals surface area (Å²) in [7, 11) is 0.